The van der Waals surface area contributed by atoms with Crippen LogP contribution in [0.1, 0.15) is 23.0 Å². The van der Waals surface area contributed by atoms with E-state index in [1.54, 1.807) is 17.5 Å². The third kappa shape index (κ3) is 1.58. The number of aromatic nitrogens is 2. The highest BCUT2D eigenvalue weighted by Gasteiger charge is 2.13. The molecule has 2 aromatic heterocycles. The van der Waals surface area contributed by atoms with Crippen molar-refractivity contribution in [3.05, 3.63) is 35.8 Å². The first kappa shape index (κ1) is 9.71. The van der Waals surface area contributed by atoms with Gasteiger partial charge in [-0.1, -0.05) is 6.07 Å². The lowest BCUT2D eigenvalue weighted by Gasteiger charge is -2.02. The molecule has 0 aliphatic carbocycles. The van der Waals surface area contributed by atoms with Crippen LogP contribution in [0.3, 0.4) is 0 Å². The van der Waals surface area contributed by atoms with E-state index in [4.69, 9.17) is 4.74 Å². The Morgan fingerprint density at radius 1 is 1.60 bits per heavy atom. The summed E-state index contributed by atoms with van der Waals surface area (Å²) in [6.45, 7) is 4.11. The fourth-order valence-corrected chi connectivity index (χ4v) is 1.51. The van der Waals surface area contributed by atoms with Crippen LogP contribution < -0.4 is 0 Å². The number of nitrogens with zero attached hydrogens (tertiary/aromatic N) is 2. The van der Waals surface area contributed by atoms with E-state index in [0.717, 1.165) is 11.2 Å². The van der Waals surface area contributed by atoms with Gasteiger partial charge in [0, 0.05) is 6.20 Å². The van der Waals surface area contributed by atoms with Gasteiger partial charge in [0.25, 0.3) is 0 Å². The summed E-state index contributed by atoms with van der Waals surface area (Å²) in [5.74, 6) is -0.337. The van der Waals surface area contributed by atoms with Crippen molar-refractivity contribution in [2.45, 2.75) is 13.8 Å². The molecule has 2 aromatic rings. The van der Waals surface area contributed by atoms with Crippen molar-refractivity contribution in [3.63, 3.8) is 0 Å². The molecule has 0 saturated carbocycles. The average molecular weight is 204 g/mol. The van der Waals surface area contributed by atoms with Crippen LogP contribution in [0.25, 0.3) is 5.65 Å². The van der Waals surface area contributed by atoms with Crippen molar-refractivity contribution in [2.24, 2.45) is 0 Å². The summed E-state index contributed by atoms with van der Waals surface area (Å²) in [5, 5.41) is 0. The van der Waals surface area contributed by atoms with Crippen molar-refractivity contribution in [1.82, 2.24) is 9.38 Å². The second-order valence-corrected chi connectivity index (χ2v) is 3.25. The highest BCUT2D eigenvalue weighted by atomic mass is 16.5. The van der Waals surface area contributed by atoms with Gasteiger partial charge in [0.2, 0.25) is 0 Å². The Kier molecular flexibility index (Phi) is 2.41. The van der Waals surface area contributed by atoms with Crippen LogP contribution in [-0.4, -0.2) is 22.0 Å². The van der Waals surface area contributed by atoms with Gasteiger partial charge < -0.3 is 4.74 Å². The molecule has 0 fully saturated rings. The Morgan fingerprint density at radius 2 is 2.40 bits per heavy atom. The molecular weight excluding hydrogens is 192 g/mol. The lowest BCUT2D eigenvalue weighted by Crippen LogP contribution is -2.07. The fraction of sp³-hybridized carbons (Fsp3) is 0.273. The summed E-state index contributed by atoms with van der Waals surface area (Å²) in [5.41, 5.74) is 2.30. The molecule has 0 bridgehead atoms. The van der Waals surface area contributed by atoms with Crippen molar-refractivity contribution in [1.29, 1.82) is 0 Å². The molecule has 0 N–H and O–H groups in total. The number of carbonyl (C=O) groups excluding carboxylic acids is 1. The highest BCUT2D eigenvalue weighted by molar-refractivity contribution is 5.88. The van der Waals surface area contributed by atoms with Crippen LogP contribution in [0.5, 0.6) is 0 Å². The average Bonchev–Trinajstić information content (AvgIpc) is 2.63. The number of rotatable bonds is 2. The molecule has 0 spiro atoms. The number of ether oxygens (including phenoxy) is 1. The molecule has 78 valence electrons. The zero-order valence-electron chi connectivity index (χ0n) is 8.73. The monoisotopic (exact) mass is 204 g/mol. The highest BCUT2D eigenvalue weighted by Crippen LogP contribution is 2.11. The Morgan fingerprint density at radius 3 is 3.13 bits per heavy atom. The van der Waals surface area contributed by atoms with Gasteiger partial charge in [0.15, 0.2) is 5.69 Å². The number of imidazole rings is 1. The van der Waals surface area contributed by atoms with E-state index in [2.05, 4.69) is 4.98 Å². The molecular formula is C11H12N2O2. The summed E-state index contributed by atoms with van der Waals surface area (Å²) in [6.07, 6.45) is 3.35. The molecule has 2 rings (SSSR count). The molecule has 0 radical (unpaired) electrons. The fourth-order valence-electron chi connectivity index (χ4n) is 1.51. The van der Waals surface area contributed by atoms with E-state index in [1.807, 2.05) is 25.3 Å². The lowest BCUT2D eigenvalue weighted by atomic mass is 10.3. The standard InChI is InChI=1S/C11H12N2O2/c1-3-15-11(14)9-7-12-10-8(2)5-4-6-13(9)10/h4-7H,3H2,1-2H3. The van der Waals surface area contributed by atoms with Crippen LogP contribution in [0.2, 0.25) is 0 Å². The molecule has 2 heterocycles. The first-order valence-corrected chi connectivity index (χ1v) is 4.84. The first-order valence-electron chi connectivity index (χ1n) is 4.84. The molecule has 0 unspecified atom stereocenters. The zero-order valence-corrected chi connectivity index (χ0v) is 8.73. The van der Waals surface area contributed by atoms with E-state index in [1.165, 1.54) is 0 Å². The molecule has 0 aliphatic rings. The van der Waals surface area contributed by atoms with Gasteiger partial charge >= 0.3 is 5.97 Å². The maximum absolute atomic E-state index is 11.5. The largest absolute Gasteiger partial charge is 0.461 e. The number of hydrogen-bond donors (Lipinski definition) is 0. The molecule has 4 heteroatoms. The van der Waals surface area contributed by atoms with Gasteiger partial charge in [-0.15, -0.1) is 0 Å². The zero-order chi connectivity index (χ0) is 10.8. The summed E-state index contributed by atoms with van der Waals surface area (Å²) >= 11 is 0. The van der Waals surface area contributed by atoms with Gasteiger partial charge in [-0.05, 0) is 25.5 Å². The maximum Gasteiger partial charge on any atom is 0.356 e. The number of carbonyl (C=O) groups is 1. The Balaban J connectivity index is 2.54. The summed E-state index contributed by atoms with van der Waals surface area (Å²) < 4.78 is 6.68. The lowest BCUT2D eigenvalue weighted by molar-refractivity contribution is 0.0518. The van der Waals surface area contributed by atoms with E-state index in [-0.39, 0.29) is 5.97 Å². The smallest absolute Gasteiger partial charge is 0.356 e. The van der Waals surface area contributed by atoms with Gasteiger partial charge in [0.1, 0.15) is 5.65 Å². The third-order valence-electron chi connectivity index (χ3n) is 2.22. The third-order valence-corrected chi connectivity index (χ3v) is 2.22. The van der Waals surface area contributed by atoms with Gasteiger partial charge in [-0.2, -0.15) is 0 Å². The Labute approximate surface area is 87.5 Å². The normalized spacial score (nSPS) is 10.5. The van der Waals surface area contributed by atoms with Gasteiger partial charge in [0.05, 0.1) is 12.8 Å². The molecule has 0 saturated heterocycles. The number of fused-ring (bicyclic) bond motifs is 1. The summed E-state index contributed by atoms with van der Waals surface area (Å²) in [7, 11) is 0. The molecule has 0 amide bonds. The second-order valence-electron chi connectivity index (χ2n) is 3.25. The SMILES string of the molecule is CCOC(=O)c1cnc2c(C)cccn12. The number of pyridine rings is 1. The van der Waals surface area contributed by atoms with Crippen LogP contribution in [0.4, 0.5) is 0 Å². The molecule has 15 heavy (non-hydrogen) atoms. The summed E-state index contributed by atoms with van der Waals surface area (Å²) in [4.78, 5) is 15.7. The minimum atomic E-state index is -0.337. The van der Waals surface area contributed by atoms with Crippen molar-refractivity contribution in [3.8, 4) is 0 Å². The Bertz CT molecular complexity index is 502. The van der Waals surface area contributed by atoms with Crippen LogP contribution >= 0.6 is 0 Å². The number of aryl methyl sites for hydroxylation is 1. The minimum absolute atomic E-state index is 0.337. The number of esters is 1. The first-order chi connectivity index (χ1) is 7.24. The summed E-state index contributed by atoms with van der Waals surface area (Å²) in [6, 6.07) is 3.84. The second kappa shape index (κ2) is 3.73. The van der Waals surface area contributed by atoms with Crippen LogP contribution in [-0.2, 0) is 4.74 Å². The van der Waals surface area contributed by atoms with Crippen molar-refractivity contribution >= 4 is 11.6 Å². The topological polar surface area (TPSA) is 43.6 Å². The minimum Gasteiger partial charge on any atom is -0.461 e. The van der Waals surface area contributed by atoms with Crippen LogP contribution in [0, 0.1) is 6.92 Å². The maximum atomic E-state index is 11.5. The predicted octanol–water partition coefficient (Wildman–Crippen LogP) is 1.82. The van der Waals surface area contributed by atoms with Gasteiger partial charge in [-0.3, -0.25) is 4.40 Å². The molecule has 0 aromatic carbocycles. The van der Waals surface area contributed by atoms with E-state index < -0.39 is 0 Å². The van der Waals surface area contributed by atoms with Gasteiger partial charge in [-0.25, -0.2) is 9.78 Å². The van der Waals surface area contributed by atoms with E-state index in [0.29, 0.717) is 12.3 Å². The Hall–Kier alpha value is -1.84. The van der Waals surface area contributed by atoms with Crippen LogP contribution in [0.15, 0.2) is 24.5 Å². The predicted molar refractivity (Wildman–Crippen MR) is 55.9 cm³/mol. The van der Waals surface area contributed by atoms with Crippen molar-refractivity contribution < 1.29 is 9.53 Å². The molecule has 0 atom stereocenters. The van der Waals surface area contributed by atoms with E-state index >= 15 is 0 Å². The van der Waals surface area contributed by atoms with Crippen molar-refractivity contribution in [2.75, 3.05) is 6.61 Å². The number of hydrogen-bond acceptors (Lipinski definition) is 3. The molecule has 0 aliphatic heterocycles. The quantitative estimate of drug-likeness (QED) is 0.701. The molecule has 4 nitrogen and oxygen atoms in total. The van der Waals surface area contributed by atoms with E-state index in [9.17, 15) is 4.79 Å².